The molecule has 1 aliphatic rings. The lowest BCUT2D eigenvalue weighted by molar-refractivity contribution is 0.534. The topological polar surface area (TPSA) is 31.4 Å². The monoisotopic (exact) mass is 120 g/mol. The van der Waals surface area contributed by atoms with E-state index in [-0.39, 0.29) is 0 Å². The number of fused-ring (bicyclic) bond motifs is 1. The first-order valence-electron chi connectivity index (χ1n) is 2.57. The summed E-state index contributed by atoms with van der Waals surface area (Å²) in [6.07, 6.45) is 1.65. The van der Waals surface area contributed by atoms with Crippen LogP contribution in [0.3, 0.4) is 0 Å². The Morgan fingerprint density at radius 1 is 1.44 bits per heavy atom. The van der Waals surface area contributed by atoms with Gasteiger partial charge in [0.05, 0.1) is 0 Å². The fourth-order valence-corrected chi connectivity index (χ4v) is 0.676. The van der Waals surface area contributed by atoms with Crippen LogP contribution < -0.4 is 9.31 Å². The van der Waals surface area contributed by atoms with E-state index in [0.29, 0.717) is 11.6 Å². The first kappa shape index (κ1) is 4.67. The van der Waals surface area contributed by atoms with Crippen molar-refractivity contribution in [2.45, 2.75) is 0 Å². The van der Waals surface area contributed by atoms with Gasteiger partial charge in [-0.3, -0.25) is 0 Å². The van der Waals surface area contributed by atoms with E-state index in [9.17, 15) is 0 Å². The predicted octanol–water partition coefficient (Wildman–Crippen LogP) is 0.387. The summed E-state index contributed by atoms with van der Waals surface area (Å²) in [6.45, 7) is 0. The van der Waals surface area contributed by atoms with Gasteiger partial charge in [-0.05, 0) is 12.1 Å². The summed E-state index contributed by atoms with van der Waals surface area (Å²) in [5.74, 6) is 1.22. The fourth-order valence-electron chi connectivity index (χ4n) is 0.676. The van der Waals surface area contributed by atoms with Gasteiger partial charge in [0.2, 0.25) is 5.88 Å². The largest absolute Gasteiger partial charge is 0.659 e. The van der Waals surface area contributed by atoms with Crippen LogP contribution in [0.25, 0.3) is 0 Å². The summed E-state index contributed by atoms with van der Waals surface area (Å²) >= 11 is 0. The van der Waals surface area contributed by atoms with Gasteiger partial charge in [-0.25, -0.2) is 4.98 Å². The smallest absolute Gasteiger partial charge is 0.522 e. The normalized spacial score (nSPS) is 12.9. The number of pyridine rings is 1. The fraction of sp³-hybridized carbons (Fsp3) is 0. The van der Waals surface area contributed by atoms with Crippen LogP contribution in [-0.2, 0) is 0 Å². The van der Waals surface area contributed by atoms with Gasteiger partial charge in [-0.2, -0.15) is 0 Å². The molecule has 43 valence electrons. The molecule has 1 aromatic rings. The molecule has 1 aromatic heterocycles. The molecule has 1 aliphatic heterocycles. The minimum Gasteiger partial charge on any atom is -0.522 e. The molecule has 0 unspecified atom stereocenters. The molecule has 9 heavy (non-hydrogen) atoms. The standard InChI is InChI=1S/C5H3BNO2/c1-2-4-5(7-3-1)9-6-8-4/h1-3H. The van der Waals surface area contributed by atoms with Crippen molar-refractivity contribution in [2.24, 2.45) is 0 Å². The second kappa shape index (κ2) is 1.65. The quantitative estimate of drug-likeness (QED) is 0.464. The Morgan fingerprint density at radius 3 is 3.33 bits per heavy atom. The number of rotatable bonds is 0. The van der Waals surface area contributed by atoms with E-state index in [2.05, 4.69) is 4.98 Å². The zero-order chi connectivity index (χ0) is 6.10. The van der Waals surface area contributed by atoms with Crippen molar-refractivity contribution in [1.29, 1.82) is 0 Å². The maximum atomic E-state index is 4.89. The molecule has 0 aromatic carbocycles. The maximum absolute atomic E-state index is 4.89. The van der Waals surface area contributed by atoms with Crippen LogP contribution in [0.1, 0.15) is 0 Å². The summed E-state index contributed by atoms with van der Waals surface area (Å²) in [4.78, 5) is 3.88. The molecular formula is C5H3BNO2. The van der Waals surface area contributed by atoms with Crippen LogP contribution in [0.5, 0.6) is 11.6 Å². The van der Waals surface area contributed by atoms with E-state index >= 15 is 0 Å². The van der Waals surface area contributed by atoms with E-state index < -0.39 is 0 Å². The molecule has 0 saturated carbocycles. The van der Waals surface area contributed by atoms with Crippen molar-refractivity contribution in [3.63, 3.8) is 0 Å². The molecule has 0 amide bonds. The van der Waals surface area contributed by atoms with Gasteiger partial charge in [0, 0.05) is 6.20 Å². The first-order chi connectivity index (χ1) is 4.47. The summed E-state index contributed by atoms with van der Waals surface area (Å²) in [5, 5.41) is 0. The van der Waals surface area contributed by atoms with Crippen molar-refractivity contribution in [2.75, 3.05) is 0 Å². The van der Waals surface area contributed by atoms with E-state index in [0.717, 1.165) is 0 Å². The Hall–Kier alpha value is -1.19. The third-order valence-electron chi connectivity index (χ3n) is 1.07. The van der Waals surface area contributed by atoms with Gasteiger partial charge in [0.25, 0.3) is 0 Å². The molecule has 2 heterocycles. The minimum atomic E-state index is 0.539. The van der Waals surface area contributed by atoms with Crippen molar-refractivity contribution >= 4 is 7.69 Å². The van der Waals surface area contributed by atoms with Gasteiger partial charge in [-0.15, -0.1) is 0 Å². The SMILES string of the molecule is [B]1Oc2cccnc2O1. The molecule has 0 bridgehead atoms. The number of hydrogen-bond acceptors (Lipinski definition) is 3. The number of aromatic nitrogens is 1. The van der Waals surface area contributed by atoms with Gasteiger partial charge in [-0.1, -0.05) is 0 Å². The van der Waals surface area contributed by atoms with Crippen LogP contribution in [0.2, 0.25) is 0 Å². The maximum Gasteiger partial charge on any atom is 0.659 e. The Kier molecular flexibility index (Phi) is 0.857. The number of hydrogen-bond donors (Lipinski definition) is 0. The highest BCUT2D eigenvalue weighted by atomic mass is 16.6. The van der Waals surface area contributed by atoms with Gasteiger partial charge < -0.3 is 9.31 Å². The van der Waals surface area contributed by atoms with E-state index in [1.54, 1.807) is 18.3 Å². The molecule has 0 atom stereocenters. The first-order valence-corrected chi connectivity index (χ1v) is 2.57. The predicted molar refractivity (Wildman–Crippen MR) is 31.2 cm³/mol. The van der Waals surface area contributed by atoms with E-state index in [1.807, 2.05) is 0 Å². The van der Waals surface area contributed by atoms with Crippen molar-refractivity contribution < 1.29 is 9.31 Å². The van der Waals surface area contributed by atoms with Gasteiger partial charge >= 0.3 is 7.69 Å². The second-order valence-corrected chi connectivity index (χ2v) is 1.64. The van der Waals surface area contributed by atoms with Crippen LogP contribution in [0.4, 0.5) is 0 Å². The lowest BCUT2D eigenvalue weighted by Crippen LogP contribution is -2.00. The Balaban J connectivity index is 2.54. The van der Waals surface area contributed by atoms with Crippen LogP contribution >= 0.6 is 0 Å². The van der Waals surface area contributed by atoms with Gasteiger partial charge in [0.15, 0.2) is 5.75 Å². The zero-order valence-corrected chi connectivity index (χ0v) is 4.57. The summed E-state index contributed by atoms with van der Waals surface area (Å²) in [6, 6.07) is 3.59. The third-order valence-corrected chi connectivity index (χ3v) is 1.07. The molecule has 4 heteroatoms. The zero-order valence-electron chi connectivity index (χ0n) is 4.57. The summed E-state index contributed by atoms with van der Waals surface area (Å²) in [5.41, 5.74) is 0. The molecule has 1 radical (unpaired) electrons. The van der Waals surface area contributed by atoms with E-state index in [1.165, 1.54) is 7.69 Å². The average Bonchev–Trinajstić information content (AvgIpc) is 2.33. The third kappa shape index (κ3) is 0.632. The van der Waals surface area contributed by atoms with Crippen LogP contribution in [-0.4, -0.2) is 12.7 Å². The molecular weight excluding hydrogens is 117 g/mol. The second-order valence-electron chi connectivity index (χ2n) is 1.64. The molecule has 0 spiro atoms. The van der Waals surface area contributed by atoms with E-state index in [4.69, 9.17) is 9.31 Å². The highest BCUT2D eigenvalue weighted by molar-refractivity contribution is 6.22. The average molecular weight is 120 g/mol. The Bertz CT molecular complexity index is 205. The van der Waals surface area contributed by atoms with Crippen LogP contribution in [0.15, 0.2) is 18.3 Å². The number of nitrogens with zero attached hydrogens (tertiary/aromatic N) is 1. The molecule has 0 aliphatic carbocycles. The molecule has 0 fully saturated rings. The van der Waals surface area contributed by atoms with Gasteiger partial charge in [0.1, 0.15) is 0 Å². The summed E-state index contributed by atoms with van der Waals surface area (Å²) < 4.78 is 9.73. The van der Waals surface area contributed by atoms with Crippen LogP contribution in [0, 0.1) is 0 Å². The highest BCUT2D eigenvalue weighted by Crippen LogP contribution is 2.26. The molecule has 2 rings (SSSR count). The summed E-state index contributed by atoms with van der Waals surface area (Å²) in [7, 11) is 1.26. The van der Waals surface area contributed by atoms with Crippen molar-refractivity contribution in [3.05, 3.63) is 18.3 Å². The lowest BCUT2D eigenvalue weighted by atomic mass is 10.4. The van der Waals surface area contributed by atoms with Crippen molar-refractivity contribution in [1.82, 2.24) is 4.98 Å². The Morgan fingerprint density at radius 2 is 2.44 bits per heavy atom. The lowest BCUT2D eigenvalue weighted by Gasteiger charge is -1.90. The minimum absolute atomic E-state index is 0.539. The Labute approximate surface area is 52.9 Å². The molecule has 0 N–H and O–H groups in total. The molecule has 3 nitrogen and oxygen atoms in total. The highest BCUT2D eigenvalue weighted by Gasteiger charge is 2.15. The molecule has 0 saturated heterocycles. The van der Waals surface area contributed by atoms with Crippen molar-refractivity contribution in [3.8, 4) is 11.6 Å².